The maximum absolute atomic E-state index is 6.77. The van der Waals surface area contributed by atoms with E-state index in [2.05, 4.69) is 121 Å². The lowest BCUT2D eigenvalue weighted by molar-refractivity contribution is 0.0735. The van der Waals surface area contributed by atoms with Crippen molar-refractivity contribution in [1.82, 2.24) is 20.1 Å². The largest absolute Gasteiger partial charge is 0.442 e. The van der Waals surface area contributed by atoms with E-state index in [-0.39, 0.29) is 6.04 Å². The Morgan fingerprint density at radius 1 is 0.810 bits per heavy atom. The highest BCUT2D eigenvalue weighted by Crippen LogP contribution is 2.45. The van der Waals surface area contributed by atoms with Gasteiger partial charge >= 0.3 is 0 Å². The third-order valence-electron chi connectivity index (χ3n) is 9.03. The van der Waals surface area contributed by atoms with Gasteiger partial charge in [-0.05, 0) is 87.3 Å². The summed E-state index contributed by atoms with van der Waals surface area (Å²) >= 11 is 1.90. The van der Waals surface area contributed by atoms with Crippen LogP contribution in [0.25, 0.3) is 0 Å². The molecule has 0 spiro atoms. The van der Waals surface area contributed by atoms with Crippen LogP contribution in [0.5, 0.6) is 0 Å². The van der Waals surface area contributed by atoms with Crippen molar-refractivity contribution in [2.24, 2.45) is 11.8 Å². The third-order valence-corrected chi connectivity index (χ3v) is 9.97. The van der Waals surface area contributed by atoms with Crippen LogP contribution < -0.4 is 5.32 Å². The molecule has 5 nitrogen and oxygen atoms in total. The minimum atomic E-state index is 0.206. The molecule has 0 saturated heterocycles. The van der Waals surface area contributed by atoms with Crippen LogP contribution in [0.15, 0.2) is 82.6 Å². The van der Waals surface area contributed by atoms with Crippen molar-refractivity contribution >= 4 is 11.3 Å². The topological polar surface area (TPSA) is 44.5 Å². The molecular weight excluding hydrogens is 536 g/mol. The molecule has 2 unspecified atom stereocenters. The minimum Gasteiger partial charge on any atom is -0.442 e. The Balaban J connectivity index is 1.37. The summed E-state index contributed by atoms with van der Waals surface area (Å²) in [6, 6.07) is 26.5. The molecule has 1 saturated carbocycles. The first-order valence-corrected chi connectivity index (χ1v) is 16.7. The van der Waals surface area contributed by atoms with Gasteiger partial charge < -0.3 is 14.6 Å². The van der Waals surface area contributed by atoms with Gasteiger partial charge in [-0.3, -0.25) is 4.90 Å². The van der Waals surface area contributed by atoms with Crippen LogP contribution in [0.3, 0.4) is 0 Å². The lowest BCUT2D eigenvalue weighted by Crippen LogP contribution is -2.37. The van der Waals surface area contributed by atoms with Crippen LogP contribution in [0.2, 0.25) is 0 Å². The number of aromatic nitrogens is 1. The van der Waals surface area contributed by atoms with Crippen molar-refractivity contribution in [1.29, 1.82) is 0 Å². The smallest absolute Gasteiger partial charge is 0.212 e. The van der Waals surface area contributed by atoms with Crippen molar-refractivity contribution in [2.45, 2.75) is 71.1 Å². The molecule has 2 heterocycles. The van der Waals surface area contributed by atoms with Crippen molar-refractivity contribution in [3.05, 3.63) is 112 Å². The summed E-state index contributed by atoms with van der Waals surface area (Å²) in [7, 11) is 4.48. The maximum atomic E-state index is 6.77. The van der Waals surface area contributed by atoms with E-state index in [9.17, 15) is 0 Å². The van der Waals surface area contributed by atoms with E-state index in [1.54, 1.807) is 0 Å². The molecule has 6 heteroatoms. The molecule has 2 aromatic heterocycles. The SMILES string of the molecule is CCN(CC)C(c1nc(Cc2ccccc2)c(CNCc2ccccc2)o1)C1CCC(C(c2cccs2)N(C)C)CC1. The second-order valence-electron chi connectivity index (χ2n) is 11.9. The normalized spacial score (nSPS) is 18.9. The Kier molecular flexibility index (Phi) is 11.0. The van der Waals surface area contributed by atoms with Gasteiger partial charge in [-0.25, -0.2) is 4.98 Å². The van der Waals surface area contributed by atoms with Crippen LogP contribution in [0, 0.1) is 11.8 Å². The number of benzene rings is 2. The quantitative estimate of drug-likeness (QED) is 0.162. The minimum absolute atomic E-state index is 0.206. The van der Waals surface area contributed by atoms with Crippen molar-refractivity contribution < 1.29 is 4.42 Å². The molecule has 42 heavy (non-hydrogen) atoms. The molecule has 0 amide bonds. The molecule has 0 bridgehead atoms. The van der Waals surface area contributed by atoms with Gasteiger partial charge in [0.15, 0.2) is 0 Å². The fraction of sp³-hybridized carbons (Fsp3) is 0.472. The molecule has 2 aromatic carbocycles. The van der Waals surface area contributed by atoms with Crippen LogP contribution in [0.1, 0.15) is 85.0 Å². The van der Waals surface area contributed by atoms with E-state index in [1.165, 1.54) is 41.7 Å². The lowest BCUT2D eigenvalue weighted by Gasteiger charge is -2.41. The fourth-order valence-corrected chi connectivity index (χ4v) is 7.94. The van der Waals surface area contributed by atoms with Crippen molar-refractivity contribution in [2.75, 3.05) is 27.2 Å². The van der Waals surface area contributed by atoms with Crippen LogP contribution in [0.4, 0.5) is 0 Å². The first kappa shape index (κ1) is 30.7. The summed E-state index contributed by atoms with van der Waals surface area (Å²) in [5.74, 6) is 3.11. The molecule has 0 aliphatic heterocycles. The lowest BCUT2D eigenvalue weighted by atomic mass is 9.74. The molecular formula is C36H48N4OS. The Bertz CT molecular complexity index is 1310. The number of oxazole rings is 1. The van der Waals surface area contributed by atoms with E-state index in [0.29, 0.717) is 24.4 Å². The highest BCUT2D eigenvalue weighted by atomic mass is 32.1. The van der Waals surface area contributed by atoms with Gasteiger partial charge in [0.05, 0.1) is 18.3 Å². The fourth-order valence-electron chi connectivity index (χ4n) is 6.93. The van der Waals surface area contributed by atoms with E-state index in [4.69, 9.17) is 9.40 Å². The highest BCUT2D eigenvalue weighted by Gasteiger charge is 2.38. The summed E-state index contributed by atoms with van der Waals surface area (Å²) in [6.45, 7) is 8.02. The number of nitrogens with one attached hydrogen (secondary N) is 1. The summed E-state index contributed by atoms with van der Waals surface area (Å²) in [5, 5.41) is 5.84. The zero-order chi connectivity index (χ0) is 29.3. The molecule has 1 fully saturated rings. The predicted octanol–water partition coefficient (Wildman–Crippen LogP) is 8.11. The van der Waals surface area contributed by atoms with E-state index in [1.807, 2.05) is 11.3 Å². The number of nitrogens with zero attached hydrogens (tertiary/aromatic N) is 3. The number of hydrogen-bond donors (Lipinski definition) is 1. The Morgan fingerprint density at radius 2 is 1.43 bits per heavy atom. The van der Waals surface area contributed by atoms with Gasteiger partial charge in [-0.1, -0.05) is 80.6 Å². The number of rotatable bonds is 14. The third kappa shape index (κ3) is 7.59. The van der Waals surface area contributed by atoms with Gasteiger partial charge in [-0.15, -0.1) is 11.3 Å². The molecule has 2 atom stereocenters. The number of hydrogen-bond acceptors (Lipinski definition) is 6. The predicted molar refractivity (Wildman–Crippen MR) is 175 cm³/mol. The average molecular weight is 585 g/mol. The summed E-state index contributed by atoms with van der Waals surface area (Å²) in [6.07, 6.45) is 5.69. The van der Waals surface area contributed by atoms with Crippen LogP contribution >= 0.6 is 11.3 Å². The van der Waals surface area contributed by atoms with Gasteiger partial charge in [0.25, 0.3) is 0 Å². The van der Waals surface area contributed by atoms with Crippen LogP contribution in [-0.4, -0.2) is 42.0 Å². The van der Waals surface area contributed by atoms with Crippen molar-refractivity contribution in [3.8, 4) is 0 Å². The Labute approximate surface area is 257 Å². The Hall–Kier alpha value is -2.77. The molecule has 5 rings (SSSR count). The maximum Gasteiger partial charge on any atom is 0.212 e. The highest BCUT2D eigenvalue weighted by molar-refractivity contribution is 7.10. The molecule has 1 aliphatic rings. The molecule has 1 aliphatic carbocycles. The van der Waals surface area contributed by atoms with E-state index in [0.717, 1.165) is 43.4 Å². The van der Waals surface area contributed by atoms with E-state index < -0.39 is 0 Å². The Morgan fingerprint density at radius 3 is 2.00 bits per heavy atom. The van der Waals surface area contributed by atoms with Crippen molar-refractivity contribution in [3.63, 3.8) is 0 Å². The zero-order valence-corrected chi connectivity index (χ0v) is 26.7. The first-order chi connectivity index (χ1) is 20.6. The monoisotopic (exact) mass is 584 g/mol. The zero-order valence-electron chi connectivity index (χ0n) is 25.8. The van der Waals surface area contributed by atoms with Gasteiger partial charge in [-0.2, -0.15) is 0 Å². The summed E-state index contributed by atoms with van der Waals surface area (Å²) in [5.41, 5.74) is 3.61. The molecule has 224 valence electrons. The summed E-state index contributed by atoms with van der Waals surface area (Å²) < 4.78 is 6.77. The number of thiophene rings is 1. The van der Waals surface area contributed by atoms with E-state index >= 15 is 0 Å². The molecule has 4 aromatic rings. The molecule has 0 radical (unpaired) electrons. The average Bonchev–Trinajstić information content (AvgIpc) is 3.68. The van der Waals surface area contributed by atoms with Gasteiger partial charge in [0.2, 0.25) is 5.89 Å². The molecule has 1 N–H and O–H groups in total. The second-order valence-corrected chi connectivity index (χ2v) is 12.9. The summed E-state index contributed by atoms with van der Waals surface area (Å²) in [4.78, 5) is 11.8. The van der Waals surface area contributed by atoms with Crippen LogP contribution in [-0.2, 0) is 19.5 Å². The first-order valence-electron chi connectivity index (χ1n) is 15.8. The second kappa shape index (κ2) is 15.1. The van der Waals surface area contributed by atoms with Gasteiger partial charge in [0.1, 0.15) is 5.76 Å². The van der Waals surface area contributed by atoms with Gasteiger partial charge in [0, 0.05) is 23.9 Å². The standard InChI is InChI=1S/C36H48N4OS/c1-5-40(6-2)35(30-21-19-29(20-22-30)34(39(3)4)33-18-13-23-42-33)36-38-31(24-27-14-9-7-10-15-27)32(41-36)26-37-25-28-16-11-8-12-17-28/h7-18,23,29-30,34-35,37H,5-6,19-22,24-26H2,1-4H3.